The molecule has 0 spiro atoms. The molecular weight excluding hydrogens is 359 g/mol. The summed E-state index contributed by atoms with van der Waals surface area (Å²) in [6.45, 7) is 1.79. The van der Waals surface area contributed by atoms with E-state index in [1.54, 1.807) is 6.92 Å². The average Bonchev–Trinajstić information content (AvgIpc) is 3.15. The molecule has 2 aromatic rings. The molecule has 8 heteroatoms. The fraction of sp³-hybridized carbons (Fsp3) is 0.278. The summed E-state index contributed by atoms with van der Waals surface area (Å²) in [5.41, 5.74) is 1.42. The number of imide groups is 1. The lowest BCUT2D eigenvalue weighted by Gasteiger charge is -2.09. The Morgan fingerprint density at radius 2 is 1.88 bits per heavy atom. The van der Waals surface area contributed by atoms with Gasteiger partial charge in [0.15, 0.2) is 0 Å². The van der Waals surface area contributed by atoms with Crippen LogP contribution in [0.5, 0.6) is 0 Å². The SMILES string of the molecule is CCOC(=O)NC(=O)c1c(NC(=O)c2ccc(F)cc2)sc2c1CCC2. The molecule has 0 atom stereocenters. The summed E-state index contributed by atoms with van der Waals surface area (Å²) in [5.74, 6) is -1.49. The fourth-order valence-electron chi connectivity index (χ4n) is 2.83. The van der Waals surface area contributed by atoms with Gasteiger partial charge in [-0.05, 0) is 56.0 Å². The Morgan fingerprint density at radius 3 is 2.58 bits per heavy atom. The van der Waals surface area contributed by atoms with Crippen molar-refractivity contribution >= 4 is 34.2 Å². The number of aryl methyl sites for hydroxylation is 1. The third kappa shape index (κ3) is 3.75. The second-order valence-electron chi connectivity index (χ2n) is 5.70. The van der Waals surface area contributed by atoms with E-state index in [9.17, 15) is 18.8 Å². The summed E-state index contributed by atoms with van der Waals surface area (Å²) < 4.78 is 17.8. The summed E-state index contributed by atoms with van der Waals surface area (Å²) in [7, 11) is 0. The minimum atomic E-state index is -0.828. The van der Waals surface area contributed by atoms with Gasteiger partial charge in [0, 0.05) is 10.4 Å². The molecule has 0 aliphatic heterocycles. The number of nitrogens with one attached hydrogen (secondary N) is 2. The van der Waals surface area contributed by atoms with Crippen LogP contribution in [0.15, 0.2) is 24.3 Å². The van der Waals surface area contributed by atoms with E-state index in [-0.39, 0.29) is 12.2 Å². The van der Waals surface area contributed by atoms with Crippen LogP contribution in [0.4, 0.5) is 14.2 Å². The summed E-state index contributed by atoms with van der Waals surface area (Å²) in [4.78, 5) is 37.5. The van der Waals surface area contributed by atoms with Crippen LogP contribution in [0.1, 0.15) is 44.5 Å². The van der Waals surface area contributed by atoms with Crippen molar-refractivity contribution in [1.82, 2.24) is 5.32 Å². The Hall–Kier alpha value is -2.74. The number of alkyl carbamates (subject to hydrolysis) is 1. The number of fused-ring (bicyclic) bond motifs is 1. The van der Waals surface area contributed by atoms with Crippen LogP contribution < -0.4 is 10.6 Å². The number of halogens is 1. The lowest BCUT2D eigenvalue weighted by molar-refractivity contribution is 0.0925. The molecule has 0 unspecified atom stereocenters. The third-order valence-corrected chi connectivity index (χ3v) is 5.18. The van der Waals surface area contributed by atoms with Gasteiger partial charge in [-0.15, -0.1) is 11.3 Å². The van der Waals surface area contributed by atoms with Crippen molar-refractivity contribution in [2.75, 3.05) is 11.9 Å². The van der Waals surface area contributed by atoms with Gasteiger partial charge >= 0.3 is 6.09 Å². The molecule has 26 heavy (non-hydrogen) atoms. The van der Waals surface area contributed by atoms with E-state index in [2.05, 4.69) is 10.6 Å². The molecule has 136 valence electrons. The zero-order valence-corrected chi connectivity index (χ0v) is 14.9. The number of ether oxygens (including phenoxy) is 1. The molecule has 0 saturated carbocycles. The van der Waals surface area contributed by atoms with Crippen molar-refractivity contribution in [1.29, 1.82) is 0 Å². The summed E-state index contributed by atoms with van der Waals surface area (Å²) in [6, 6.07) is 5.12. The Kier molecular flexibility index (Phi) is 5.32. The summed E-state index contributed by atoms with van der Waals surface area (Å²) in [6.07, 6.45) is 1.63. The molecule has 1 aromatic carbocycles. The van der Waals surface area contributed by atoms with Crippen molar-refractivity contribution < 1.29 is 23.5 Å². The van der Waals surface area contributed by atoms with Crippen LogP contribution in [0.3, 0.4) is 0 Å². The topological polar surface area (TPSA) is 84.5 Å². The molecule has 0 fully saturated rings. The molecule has 1 aliphatic rings. The number of rotatable bonds is 4. The van der Waals surface area contributed by atoms with Gasteiger partial charge in [0.2, 0.25) is 0 Å². The predicted molar refractivity (Wildman–Crippen MR) is 95.2 cm³/mol. The number of hydrogen-bond donors (Lipinski definition) is 2. The molecule has 0 radical (unpaired) electrons. The highest BCUT2D eigenvalue weighted by molar-refractivity contribution is 7.17. The molecule has 6 nitrogen and oxygen atoms in total. The second kappa shape index (κ2) is 7.65. The van der Waals surface area contributed by atoms with Gasteiger partial charge in [0.1, 0.15) is 10.8 Å². The Balaban J connectivity index is 1.85. The first-order chi connectivity index (χ1) is 12.5. The second-order valence-corrected chi connectivity index (χ2v) is 6.80. The third-order valence-electron chi connectivity index (χ3n) is 3.97. The van der Waals surface area contributed by atoms with E-state index in [1.807, 2.05) is 0 Å². The van der Waals surface area contributed by atoms with Crippen molar-refractivity contribution in [2.24, 2.45) is 0 Å². The zero-order valence-electron chi connectivity index (χ0n) is 14.1. The van der Waals surface area contributed by atoms with E-state index >= 15 is 0 Å². The molecule has 0 saturated heterocycles. The van der Waals surface area contributed by atoms with Crippen LogP contribution in [-0.4, -0.2) is 24.5 Å². The van der Waals surface area contributed by atoms with Crippen LogP contribution in [0.2, 0.25) is 0 Å². The number of anilines is 1. The molecule has 3 amide bonds. The van der Waals surface area contributed by atoms with Crippen LogP contribution in [0.25, 0.3) is 0 Å². The Labute approximate surface area is 153 Å². The van der Waals surface area contributed by atoms with Gasteiger partial charge in [-0.25, -0.2) is 9.18 Å². The lowest BCUT2D eigenvalue weighted by Crippen LogP contribution is -2.32. The maximum atomic E-state index is 13.0. The molecule has 1 heterocycles. The normalized spacial score (nSPS) is 12.4. The number of benzene rings is 1. The van der Waals surface area contributed by atoms with Gasteiger partial charge in [0.25, 0.3) is 11.8 Å². The fourth-order valence-corrected chi connectivity index (χ4v) is 4.11. The van der Waals surface area contributed by atoms with E-state index in [0.29, 0.717) is 17.0 Å². The van der Waals surface area contributed by atoms with E-state index in [0.717, 1.165) is 23.3 Å². The molecular formula is C18H17FN2O4S. The Morgan fingerprint density at radius 1 is 1.15 bits per heavy atom. The van der Waals surface area contributed by atoms with Gasteiger partial charge < -0.3 is 10.1 Å². The molecule has 2 N–H and O–H groups in total. The average molecular weight is 376 g/mol. The number of amides is 3. The Bertz CT molecular complexity index is 861. The zero-order chi connectivity index (χ0) is 18.7. The van der Waals surface area contributed by atoms with Gasteiger partial charge in [-0.3, -0.25) is 14.9 Å². The first-order valence-electron chi connectivity index (χ1n) is 8.19. The van der Waals surface area contributed by atoms with E-state index in [4.69, 9.17) is 4.74 Å². The molecule has 1 aromatic heterocycles. The number of carbonyl (C=O) groups is 3. The highest BCUT2D eigenvalue weighted by Gasteiger charge is 2.28. The quantitative estimate of drug-likeness (QED) is 0.855. The molecule has 0 bridgehead atoms. The largest absolute Gasteiger partial charge is 0.450 e. The monoisotopic (exact) mass is 376 g/mol. The van der Waals surface area contributed by atoms with Gasteiger partial charge in [-0.1, -0.05) is 0 Å². The molecule has 1 aliphatic carbocycles. The van der Waals surface area contributed by atoms with Gasteiger partial charge in [-0.2, -0.15) is 0 Å². The summed E-state index contributed by atoms with van der Waals surface area (Å²) in [5, 5.41) is 5.27. The minimum Gasteiger partial charge on any atom is -0.450 e. The standard InChI is InChI=1S/C18H17FN2O4S/c1-2-25-18(24)21-16(23)14-12-4-3-5-13(12)26-17(14)20-15(22)10-6-8-11(19)9-7-10/h6-9H,2-5H2,1H3,(H,20,22)(H,21,23,24). The highest BCUT2D eigenvalue weighted by atomic mass is 32.1. The van der Waals surface area contributed by atoms with Crippen molar-refractivity contribution in [2.45, 2.75) is 26.2 Å². The van der Waals surface area contributed by atoms with E-state index in [1.165, 1.54) is 35.6 Å². The van der Waals surface area contributed by atoms with Crippen molar-refractivity contribution in [3.8, 4) is 0 Å². The predicted octanol–water partition coefficient (Wildman–Crippen LogP) is 3.51. The number of thiophene rings is 1. The minimum absolute atomic E-state index is 0.148. The maximum absolute atomic E-state index is 13.0. The van der Waals surface area contributed by atoms with Crippen LogP contribution in [0, 0.1) is 5.82 Å². The van der Waals surface area contributed by atoms with E-state index < -0.39 is 23.7 Å². The maximum Gasteiger partial charge on any atom is 0.414 e. The summed E-state index contributed by atoms with van der Waals surface area (Å²) >= 11 is 1.32. The van der Waals surface area contributed by atoms with Crippen LogP contribution >= 0.6 is 11.3 Å². The first-order valence-corrected chi connectivity index (χ1v) is 9.00. The lowest BCUT2D eigenvalue weighted by atomic mass is 10.1. The van der Waals surface area contributed by atoms with Gasteiger partial charge in [0.05, 0.1) is 12.2 Å². The van der Waals surface area contributed by atoms with Crippen molar-refractivity contribution in [3.63, 3.8) is 0 Å². The molecule has 3 rings (SSSR count). The number of hydrogen-bond acceptors (Lipinski definition) is 5. The highest BCUT2D eigenvalue weighted by Crippen LogP contribution is 2.39. The first kappa shape index (κ1) is 18.1. The van der Waals surface area contributed by atoms with Crippen molar-refractivity contribution in [3.05, 3.63) is 51.7 Å². The smallest absolute Gasteiger partial charge is 0.414 e. The van der Waals surface area contributed by atoms with Crippen LogP contribution in [-0.2, 0) is 17.6 Å². The number of carbonyl (C=O) groups excluding carboxylic acids is 3.